The maximum atomic E-state index is 13.6. The van der Waals surface area contributed by atoms with Gasteiger partial charge in [-0.05, 0) is 24.3 Å². The number of nitrogens with one attached hydrogen (secondary N) is 1. The van der Waals surface area contributed by atoms with Crippen molar-refractivity contribution in [2.24, 2.45) is 16.8 Å². The highest BCUT2D eigenvalue weighted by molar-refractivity contribution is 5.83. The van der Waals surface area contributed by atoms with Crippen molar-refractivity contribution in [3.8, 4) is 5.75 Å². The predicted octanol–water partition coefficient (Wildman–Crippen LogP) is 3.05. The van der Waals surface area contributed by atoms with Crippen molar-refractivity contribution in [2.45, 2.75) is 12.1 Å². The van der Waals surface area contributed by atoms with Crippen LogP contribution < -0.4 is 10.1 Å². The number of ether oxygens (including phenoxy) is 1. The van der Waals surface area contributed by atoms with Crippen LogP contribution in [0.5, 0.6) is 5.75 Å². The second-order valence-corrected chi connectivity index (χ2v) is 6.12. The van der Waals surface area contributed by atoms with Crippen LogP contribution in [0.4, 0.5) is 4.39 Å². The van der Waals surface area contributed by atoms with Gasteiger partial charge >= 0.3 is 0 Å². The van der Waals surface area contributed by atoms with Gasteiger partial charge in [-0.1, -0.05) is 30.4 Å². The molecule has 1 aliphatic carbocycles. The molecular formula is C19H19FN2O. The fourth-order valence-corrected chi connectivity index (χ4v) is 3.51. The van der Waals surface area contributed by atoms with Crippen LogP contribution in [-0.4, -0.2) is 31.4 Å². The Bertz CT molecular complexity index is 707. The first-order chi connectivity index (χ1) is 11.3. The van der Waals surface area contributed by atoms with Crippen molar-refractivity contribution in [1.29, 1.82) is 0 Å². The van der Waals surface area contributed by atoms with E-state index in [4.69, 9.17) is 4.74 Å². The van der Waals surface area contributed by atoms with Gasteiger partial charge in [-0.25, -0.2) is 4.39 Å². The lowest BCUT2D eigenvalue weighted by Gasteiger charge is -2.34. The first-order valence-electron chi connectivity index (χ1n) is 8.02. The van der Waals surface area contributed by atoms with E-state index < -0.39 is 0 Å². The van der Waals surface area contributed by atoms with Crippen LogP contribution in [0.25, 0.3) is 0 Å². The molecule has 4 atom stereocenters. The molecule has 0 saturated heterocycles. The van der Waals surface area contributed by atoms with Gasteiger partial charge in [-0.3, -0.25) is 4.99 Å². The van der Waals surface area contributed by atoms with Crippen LogP contribution >= 0.6 is 0 Å². The molecule has 4 rings (SSSR count). The van der Waals surface area contributed by atoms with E-state index in [2.05, 4.69) is 22.5 Å². The van der Waals surface area contributed by atoms with Crippen molar-refractivity contribution in [3.05, 3.63) is 66.0 Å². The van der Waals surface area contributed by atoms with E-state index in [1.54, 1.807) is 12.2 Å². The molecule has 0 radical (unpaired) electrons. The Hall–Kier alpha value is -2.20. The topological polar surface area (TPSA) is 33.6 Å². The lowest BCUT2D eigenvalue weighted by atomic mass is 9.81. The molecule has 2 heterocycles. The third kappa shape index (κ3) is 2.86. The van der Waals surface area contributed by atoms with Crippen LogP contribution in [0.3, 0.4) is 0 Å². The highest BCUT2D eigenvalue weighted by Crippen LogP contribution is 2.32. The van der Waals surface area contributed by atoms with Crippen LogP contribution in [0, 0.1) is 11.8 Å². The minimum Gasteiger partial charge on any atom is -0.486 e. The molecule has 23 heavy (non-hydrogen) atoms. The SMILES string of the molecule is FC1=CC2C=CCNC(C3CN=Cc4ccccc4O3)C2C=C1. The average Bonchev–Trinajstić information content (AvgIpc) is 2.89. The van der Waals surface area contributed by atoms with E-state index in [9.17, 15) is 4.39 Å². The Kier molecular flexibility index (Phi) is 3.83. The molecule has 1 N–H and O–H groups in total. The number of fused-ring (bicyclic) bond motifs is 2. The molecule has 0 saturated carbocycles. The van der Waals surface area contributed by atoms with E-state index >= 15 is 0 Å². The number of benzene rings is 1. The average molecular weight is 310 g/mol. The number of allylic oxidation sites excluding steroid dienone is 4. The van der Waals surface area contributed by atoms with Gasteiger partial charge in [0.25, 0.3) is 0 Å². The zero-order valence-electron chi connectivity index (χ0n) is 12.7. The monoisotopic (exact) mass is 310 g/mol. The van der Waals surface area contributed by atoms with Gasteiger partial charge < -0.3 is 10.1 Å². The molecule has 2 aliphatic heterocycles. The van der Waals surface area contributed by atoms with Crippen molar-refractivity contribution in [2.75, 3.05) is 13.1 Å². The van der Waals surface area contributed by atoms with Gasteiger partial charge in [0.1, 0.15) is 17.7 Å². The van der Waals surface area contributed by atoms with Gasteiger partial charge in [0, 0.05) is 30.2 Å². The van der Waals surface area contributed by atoms with Crippen molar-refractivity contribution >= 4 is 6.21 Å². The molecule has 3 nitrogen and oxygen atoms in total. The summed E-state index contributed by atoms with van der Waals surface area (Å²) in [5, 5.41) is 3.54. The highest BCUT2D eigenvalue weighted by Gasteiger charge is 2.35. The van der Waals surface area contributed by atoms with Gasteiger partial charge in [0.05, 0.1) is 12.6 Å². The molecule has 1 aromatic rings. The number of rotatable bonds is 1. The minimum atomic E-state index is -0.165. The summed E-state index contributed by atoms with van der Waals surface area (Å²) >= 11 is 0. The molecule has 0 fully saturated rings. The Labute approximate surface area is 135 Å². The van der Waals surface area contributed by atoms with Gasteiger partial charge in [0.15, 0.2) is 0 Å². The highest BCUT2D eigenvalue weighted by atomic mass is 19.1. The molecule has 3 aliphatic rings. The van der Waals surface area contributed by atoms with E-state index in [0.29, 0.717) is 6.54 Å². The number of aliphatic imine (C=N–C) groups is 1. The number of para-hydroxylation sites is 1. The van der Waals surface area contributed by atoms with Crippen molar-refractivity contribution in [1.82, 2.24) is 5.32 Å². The quantitative estimate of drug-likeness (QED) is 0.809. The summed E-state index contributed by atoms with van der Waals surface area (Å²) in [6.07, 6.45) is 11.1. The van der Waals surface area contributed by atoms with Crippen LogP contribution in [0.2, 0.25) is 0 Å². The predicted molar refractivity (Wildman–Crippen MR) is 89.6 cm³/mol. The summed E-state index contributed by atoms with van der Waals surface area (Å²) in [6.45, 7) is 1.35. The number of hydrogen-bond acceptors (Lipinski definition) is 3. The number of nitrogens with zero attached hydrogens (tertiary/aromatic N) is 1. The molecule has 0 amide bonds. The standard InChI is InChI=1S/C19H19FN2O/c20-15-7-8-16-13(10-15)5-3-9-22-19(16)18-12-21-11-14-4-1-2-6-17(14)23-18/h1-8,10-11,13,16,18-19,22H,9,12H2. The molecule has 0 bridgehead atoms. The summed E-state index contributed by atoms with van der Waals surface area (Å²) in [6, 6.07) is 8.01. The molecule has 0 spiro atoms. The number of hydrogen-bond donors (Lipinski definition) is 1. The summed E-state index contributed by atoms with van der Waals surface area (Å²) in [7, 11) is 0. The van der Waals surface area contributed by atoms with Gasteiger partial charge in [-0.15, -0.1) is 0 Å². The van der Waals surface area contributed by atoms with Crippen molar-refractivity contribution in [3.63, 3.8) is 0 Å². The largest absolute Gasteiger partial charge is 0.486 e. The smallest absolute Gasteiger partial charge is 0.134 e. The summed E-state index contributed by atoms with van der Waals surface area (Å²) in [5.41, 5.74) is 1.00. The molecule has 118 valence electrons. The second kappa shape index (κ2) is 6.13. The normalized spacial score (nSPS) is 32.1. The Morgan fingerprint density at radius 1 is 1.22 bits per heavy atom. The van der Waals surface area contributed by atoms with E-state index in [1.165, 1.54) is 0 Å². The van der Waals surface area contributed by atoms with Crippen LogP contribution in [0.15, 0.2) is 65.5 Å². The van der Waals surface area contributed by atoms with Gasteiger partial charge in [0.2, 0.25) is 0 Å². The summed E-state index contributed by atoms with van der Waals surface area (Å²) in [5.74, 6) is 0.919. The van der Waals surface area contributed by atoms with E-state index in [0.717, 1.165) is 17.9 Å². The maximum absolute atomic E-state index is 13.6. The molecule has 0 aromatic heterocycles. The summed E-state index contributed by atoms with van der Waals surface area (Å²) < 4.78 is 19.8. The Morgan fingerprint density at radius 3 is 3.09 bits per heavy atom. The lowest BCUT2D eigenvalue weighted by molar-refractivity contribution is 0.136. The van der Waals surface area contributed by atoms with Crippen molar-refractivity contribution < 1.29 is 9.13 Å². The zero-order chi connectivity index (χ0) is 15.6. The molecule has 4 unspecified atom stereocenters. The second-order valence-electron chi connectivity index (χ2n) is 6.12. The lowest BCUT2D eigenvalue weighted by Crippen LogP contribution is -2.50. The third-order valence-corrected chi connectivity index (χ3v) is 4.63. The molecule has 4 heteroatoms. The minimum absolute atomic E-state index is 0.0612. The Balaban J connectivity index is 1.62. The fourth-order valence-electron chi connectivity index (χ4n) is 3.51. The zero-order valence-corrected chi connectivity index (χ0v) is 12.7. The number of halogens is 1. The van der Waals surface area contributed by atoms with E-state index in [1.807, 2.05) is 36.6 Å². The van der Waals surface area contributed by atoms with Crippen LogP contribution in [-0.2, 0) is 0 Å². The fraction of sp³-hybridized carbons (Fsp3) is 0.316. The first-order valence-corrected chi connectivity index (χ1v) is 8.02. The molecule has 1 aromatic carbocycles. The van der Waals surface area contributed by atoms with Gasteiger partial charge in [-0.2, -0.15) is 0 Å². The maximum Gasteiger partial charge on any atom is 0.134 e. The Morgan fingerprint density at radius 2 is 2.13 bits per heavy atom. The van der Waals surface area contributed by atoms with Crippen LogP contribution in [0.1, 0.15) is 5.56 Å². The third-order valence-electron chi connectivity index (χ3n) is 4.63. The first kappa shape index (κ1) is 14.4. The molecular weight excluding hydrogens is 291 g/mol. The van der Waals surface area contributed by atoms with E-state index in [-0.39, 0.29) is 29.8 Å². The summed E-state index contributed by atoms with van der Waals surface area (Å²) in [4.78, 5) is 4.53.